The first kappa shape index (κ1) is 16.0. The molecule has 1 aromatic rings. The second kappa shape index (κ2) is 7.03. The molecule has 114 valence electrons. The number of thiocarbonyl (C=S) groups is 1. The van der Waals surface area contributed by atoms with Crippen LogP contribution >= 0.6 is 12.2 Å². The Kier molecular flexibility index (Phi) is 5.34. The van der Waals surface area contributed by atoms with E-state index in [1.165, 1.54) is 5.56 Å². The van der Waals surface area contributed by atoms with E-state index in [9.17, 15) is 4.79 Å². The summed E-state index contributed by atoms with van der Waals surface area (Å²) in [6.07, 6.45) is 6.86. The fourth-order valence-corrected chi connectivity index (χ4v) is 3.29. The second-order valence-corrected chi connectivity index (χ2v) is 6.30. The number of anilines is 1. The molecule has 0 heterocycles. The van der Waals surface area contributed by atoms with Crippen LogP contribution in [0.25, 0.3) is 0 Å². The smallest absolute Gasteiger partial charge is 0.237 e. The summed E-state index contributed by atoms with van der Waals surface area (Å²) in [5, 5.41) is 3.01. The highest BCUT2D eigenvalue weighted by Crippen LogP contribution is 2.36. The van der Waals surface area contributed by atoms with Crippen LogP contribution in [0, 0.1) is 5.41 Å². The van der Waals surface area contributed by atoms with Crippen LogP contribution in [-0.4, -0.2) is 10.9 Å². The van der Waals surface area contributed by atoms with E-state index in [0.29, 0.717) is 4.99 Å². The number of carbonyl (C=O) groups is 1. The van der Waals surface area contributed by atoms with Crippen LogP contribution in [0.4, 0.5) is 5.69 Å². The number of benzene rings is 1. The fraction of sp³-hybridized carbons (Fsp3) is 0.529. The van der Waals surface area contributed by atoms with Crippen molar-refractivity contribution in [2.75, 3.05) is 5.32 Å². The van der Waals surface area contributed by atoms with E-state index >= 15 is 0 Å². The lowest BCUT2D eigenvalue weighted by molar-refractivity contribution is -0.122. The summed E-state index contributed by atoms with van der Waals surface area (Å²) in [6, 6.07) is 7.97. The molecule has 1 aliphatic rings. The number of rotatable bonds is 4. The molecule has 0 saturated heterocycles. The number of hydrogen-bond acceptors (Lipinski definition) is 2. The average molecular weight is 304 g/mol. The molecule has 1 aromatic carbocycles. The summed E-state index contributed by atoms with van der Waals surface area (Å²) >= 11 is 5.24. The Labute approximate surface area is 132 Å². The fourth-order valence-electron chi connectivity index (χ4n) is 2.99. The van der Waals surface area contributed by atoms with Crippen LogP contribution < -0.4 is 11.1 Å². The number of hydrogen-bond donors (Lipinski definition) is 2. The quantitative estimate of drug-likeness (QED) is 0.657. The normalized spacial score (nSPS) is 17.8. The maximum atomic E-state index is 12.8. The van der Waals surface area contributed by atoms with Crippen molar-refractivity contribution in [1.29, 1.82) is 0 Å². The van der Waals surface area contributed by atoms with Crippen molar-refractivity contribution >= 4 is 28.8 Å². The molecule has 1 amide bonds. The van der Waals surface area contributed by atoms with E-state index in [-0.39, 0.29) is 5.91 Å². The number of carbonyl (C=O) groups excluding carboxylic acids is 1. The molecule has 0 atom stereocenters. The third-order valence-electron chi connectivity index (χ3n) is 4.48. The zero-order valence-electron chi connectivity index (χ0n) is 12.7. The standard InChI is InChI=1S/C17H24N2OS/c1-2-13-7-9-14(10-8-13)19-16(20)17(15(18)21)11-5-3-4-6-12-17/h7-10H,2-6,11-12H2,1H3,(H2,18,21)(H,19,20). The van der Waals surface area contributed by atoms with E-state index < -0.39 is 5.41 Å². The lowest BCUT2D eigenvalue weighted by atomic mass is 9.79. The maximum Gasteiger partial charge on any atom is 0.237 e. The molecular weight excluding hydrogens is 280 g/mol. The molecule has 1 saturated carbocycles. The first-order valence-electron chi connectivity index (χ1n) is 7.79. The highest BCUT2D eigenvalue weighted by atomic mass is 32.1. The Morgan fingerprint density at radius 2 is 1.76 bits per heavy atom. The minimum Gasteiger partial charge on any atom is -0.392 e. The van der Waals surface area contributed by atoms with Gasteiger partial charge in [-0.25, -0.2) is 0 Å². The number of nitrogens with one attached hydrogen (secondary N) is 1. The summed E-state index contributed by atoms with van der Waals surface area (Å²) in [6.45, 7) is 2.11. The topological polar surface area (TPSA) is 55.1 Å². The van der Waals surface area contributed by atoms with Gasteiger partial charge in [0, 0.05) is 5.69 Å². The SMILES string of the molecule is CCc1ccc(NC(=O)C2(C(N)=S)CCCCCC2)cc1. The summed E-state index contributed by atoms with van der Waals surface area (Å²) < 4.78 is 0. The third kappa shape index (κ3) is 3.62. The van der Waals surface area contributed by atoms with Gasteiger partial charge in [0.05, 0.1) is 10.4 Å². The Morgan fingerprint density at radius 3 is 2.24 bits per heavy atom. The van der Waals surface area contributed by atoms with Crippen molar-refractivity contribution in [3.63, 3.8) is 0 Å². The Hall–Kier alpha value is -1.42. The van der Waals surface area contributed by atoms with Crippen molar-refractivity contribution in [1.82, 2.24) is 0 Å². The minimum atomic E-state index is -0.671. The molecule has 0 radical (unpaired) electrons. The van der Waals surface area contributed by atoms with E-state index in [2.05, 4.69) is 12.2 Å². The van der Waals surface area contributed by atoms with Crippen LogP contribution in [0.2, 0.25) is 0 Å². The van der Waals surface area contributed by atoms with Crippen LogP contribution in [0.5, 0.6) is 0 Å². The Bertz CT molecular complexity index is 502. The first-order chi connectivity index (χ1) is 10.1. The molecule has 2 rings (SSSR count). The van der Waals surface area contributed by atoms with Crippen LogP contribution in [-0.2, 0) is 11.2 Å². The molecule has 4 heteroatoms. The number of amides is 1. The van der Waals surface area contributed by atoms with Gasteiger partial charge in [-0.3, -0.25) is 4.79 Å². The number of aryl methyl sites for hydroxylation is 1. The minimum absolute atomic E-state index is 0.0406. The Balaban J connectivity index is 2.16. The van der Waals surface area contributed by atoms with E-state index in [1.807, 2.05) is 24.3 Å². The molecule has 3 nitrogen and oxygen atoms in total. The van der Waals surface area contributed by atoms with Crippen LogP contribution in [0.15, 0.2) is 24.3 Å². The van der Waals surface area contributed by atoms with E-state index in [4.69, 9.17) is 18.0 Å². The molecule has 21 heavy (non-hydrogen) atoms. The number of nitrogens with two attached hydrogens (primary N) is 1. The van der Waals surface area contributed by atoms with Gasteiger partial charge in [-0.05, 0) is 37.0 Å². The zero-order valence-corrected chi connectivity index (χ0v) is 13.5. The molecule has 0 bridgehead atoms. The Morgan fingerprint density at radius 1 is 1.19 bits per heavy atom. The van der Waals surface area contributed by atoms with E-state index in [1.54, 1.807) is 0 Å². The van der Waals surface area contributed by atoms with Crippen molar-refractivity contribution in [3.05, 3.63) is 29.8 Å². The predicted molar refractivity (Wildman–Crippen MR) is 91.4 cm³/mol. The van der Waals surface area contributed by atoms with Crippen LogP contribution in [0.3, 0.4) is 0 Å². The van der Waals surface area contributed by atoms with E-state index in [0.717, 1.165) is 50.6 Å². The summed E-state index contributed by atoms with van der Waals surface area (Å²) in [5.74, 6) is -0.0406. The molecular formula is C17H24N2OS. The molecule has 1 fully saturated rings. The summed E-state index contributed by atoms with van der Waals surface area (Å²) in [7, 11) is 0. The largest absolute Gasteiger partial charge is 0.392 e. The maximum absolute atomic E-state index is 12.8. The van der Waals surface area contributed by atoms with Gasteiger partial charge in [0.15, 0.2) is 0 Å². The monoisotopic (exact) mass is 304 g/mol. The summed E-state index contributed by atoms with van der Waals surface area (Å²) in [4.78, 5) is 13.1. The van der Waals surface area contributed by atoms with Crippen molar-refractivity contribution < 1.29 is 4.79 Å². The van der Waals surface area contributed by atoms with Gasteiger partial charge in [0.1, 0.15) is 0 Å². The predicted octanol–water partition coefficient (Wildman–Crippen LogP) is 3.81. The summed E-state index contributed by atoms with van der Waals surface area (Å²) in [5.41, 5.74) is 7.34. The molecule has 3 N–H and O–H groups in total. The zero-order chi connectivity index (χ0) is 15.3. The third-order valence-corrected chi connectivity index (χ3v) is 4.87. The first-order valence-corrected chi connectivity index (χ1v) is 8.19. The molecule has 1 aliphatic carbocycles. The molecule has 0 aliphatic heterocycles. The highest BCUT2D eigenvalue weighted by Gasteiger charge is 2.41. The van der Waals surface area contributed by atoms with Gasteiger partial charge >= 0.3 is 0 Å². The molecule has 0 spiro atoms. The van der Waals surface area contributed by atoms with Gasteiger partial charge in [0.2, 0.25) is 5.91 Å². The average Bonchev–Trinajstić information content (AvgIpc) is 2.75. The van der Waals surface area contributed by atoms with Gasteiger partial charge in [-0.15, -0.1) is 0 Å². The van der Waals surface area contributed by atoms with Crippen molar-refractivity contribution in [3.8, 4) is 0 Å². The van der Waals surface area contributed by atoms with Crippen LogP contribution in [0.1, 0.15) is 51.0 Å². The van der Waals surface area contributed by atoms with Crippen molar-refractivity contribution in [2.24, 2.45) is 11.1 Å². The molecule has 0 aromatic heterocycles. The highest BCUT2D eigenvalue weighted by molar-refractivity contribution is 7.80. The molecule has 0 unspecified atom stereocenters. The second-order valence-electron chi connectivity index (χ2n) is 5.87. The lowest BCUT2D eigenvalue weighted by Crippen LogP contribution is -2.45. The van der Waals surface area contributed by atoms with Gasteiger partial charge in [0.25, 0.3) is 0 Å². The van der Waals surface area contributed by atoms with Crippen molar-refractivity contribution in [2.45, 2.75) is 51.9 Å². The lowest BCUT2D eigenvalue weighted by Gasteiger charge is -2.30. The van der Waals surface area contributed by atoms with Gasteiger partial charge in [-0.2, -0.15) is 0 Å². The van der Waals surface area contributed by atoms with Gasteiger partial charge in [-0.1, -0.05) is 57.0 Å². The van der Waals surface area contributed by atoms with Gasteiger partial charge < -0.3 is 11.1 Å².